The monoisotopic (exact) mass is 364 g/mol. The Morgan fingerprint density at radius 3 is 2.74 bits per heavy atom. The number of pyridine rings is 2. The molecule has 0 amide bonds. The molecule has 2 aromatic heterocycles. The number of aromatic nitrogens is 2. The van der Waals surface area contributed by atoms with Crippen molar-refractivity contribution in [2.45, 2.75) is 19.3 Å². The van der Waals surface area contributed by atoms with E-state index in [-0.39, 0.29) is 19.0 Å². The second-order valence-electron chi connectivity index (χ2n) is 6.76. The predicted octanol–water partition coefficient (Wildman–Crippen LogP) is 1.24. The Morgan fingerprint density at radius 1 is 1.07 bits per heavy atom. The number of aliphatic hydroxyl groups excluding tert-OH is 1. The number of ether oxygens (including phenoxy) is 3. The molecule has 1 aromatic carbocycles. The predicted molar refractivity (Wildman–Crippen MR) is 91.4 cm³/mol. The topological polar surface area (TPSA) is 99.9 Å². The number of esters is 1. The van der Waals surface area contributed by atoms with Gasteiger partial charge in [0.1, 0.15) is 6.61 Å². The molecule has 5 heterocycles. The van der Waals surface area contributed by atoms with E-state index in [0.29, 0.717) is 40.6 Å². The molecule has 0 radical (unpaired) electrons. The molecule has 1 unspecified atom stereocenters. The second-order valence-corrected chi connectivity index (χ2v) is 6.76. The first-order valence-corrected chi connectivity index (χ1v) is 8.45. The third kappa shape index (κ3) is 1.87. The van der Waals surface area contributed by atoms with E-state index in [0.717, 1.165) is 16.5 Å². The van der Waals surface area contributed by atoms with Crippen LogP contribution >= 0.6 is 0 Å². The third-order valence-corrected chi connectivity index (χ3v) is 5.27. The summed E-state index contributed by atoms with van der Waals surface area (Å²) >= 11 is 0. The van der Waals surface area contributed by atoms with Gasteiger partial charge in [0.05, 0.1) is 29.0 Å². The van der Waals surface area contributed by atoms with Crippen LogP contribution in [0.1, 0.15) is 22.8 Å². The number of carbonyl (C=O) groups excluding carboxylic acids is 1. The summed E-state index contributed by atoms with van der Waals surface area (Å²) in [6.45, 7) is 0.430. The number of rotatable bonds is 0. The zero-order chi connectivity index (χ0) is 18.3. The number of nitrogens with zero attached hydrogens (tertiary/aromatic N) is 2. The van der Waals surface area contributed by atoms with Crippen LogP contribution in [-0.4, -0.2) is 27.4 Å². The van der Waals surface area contributed by atoms with E-state index in [1.54, 1.807) is 10.6 Å². The highest BCUT2D eigenvalue weighted by Gasteiger charge is 2.33. The van der Waals surface area contributed by atoms with Gasteiger partial charge in [-0.15, -0.1) is 0 Å². The highest BCUT2D eigenvalue weighted by atomic mass is 16.7. The van der Waals surface area contributed by atoms with Gasteiger partial charge in [-0.05, 0) is 18.2 Å². The molecule has 6 rings (SSSR count). The van der Waals surface area contributed by atoms with Gasteiger partial charge < -0.3 is 23.9 Å². The number of hydrogen-bond donors (Lipinski definition) is 1. The maximum absolute atomic E-state index is 12.9. The highest BCUT2D eigenvalue weighted by Crippen LogP contribution is 2.39. The molecule has 3 aliphatic heterocycles. The first kappa shape index (κ1) is 14.7. The molecule has 8 nitrogen and oxygen atoms in total. The first-order chi connectivity index (χ1) is 13.1. The summed E-state index contributed by atoms with van der Waals surface area (Å²) in [6.07, 6.45) is -1.45. The van der Waals surface area contributed by atoms with E-state index in [4.69, 9.17) is 19.2 Å². The van der Waals surface area contributed by atoms with Crippen LogP contribution in [0.4, 0.5) is 0 Å². The van der Waals surface area contributed by atoms with Gasteiger partial charge in [-0.2, -0.15) is 0 Å². The maximum Gasteiger partial charge on any atom is 0.340 e. The average Bonchev–Trinajstić information content (AvgIpc) is 3.25. The van der Waals surface area contributed by atoms with Gasteiger partial charge in [0.2, 0.25) is 6.79 Å². The SMILES string of the molecule is O=C1OCc2c(cc3n(c2=O)Cc2cc4cc5c(cc4nc2-3)OCO5)C1O. The fourth-order valence-electron chi connectivity index (χ4n) is 3.92. The van der Waals surface area contributed by atoms with Crippen molar-refractivity contribution >= 4 is 16.9 Å². The van der Waals surface area contributed by atoms with E-state index in [1.807, 2.05) is 18.2 Å². The number of fused-ring (bicyclic) bond motifs is 6. The lowest BCUT2D eigenvalue weighted by atomic mass is 10.0. The van der Waals surface area contributed by atoms with Crippen LogP contribution in [0.15, 0.2) is 29.1 Å². The van der Waals surface area contributed by atoms with Crippen molar-refractivity contribution in [2.24, 2.45) is 0 Å². The average molecular weight is 364 g/mol. The normalized spacial score (nSPS) is 18.9. The summed E-state index contributed by atoms with van der Waals surface area (Å²) < 4.78 is 17.3. The maximum atomic E-state index is 12.9. The van der Waals surface area contributed by atoms with E-state index in [9.17, 15) is 14.7 Å². The van der Waals surface area contributed by atoms with Crippen LogP contribution in [0, 0.1) is 0 Å². The zero-order valence-electron chi connectivity index (χ0n) is 13.9. The molecule has 0 bridgehead atoms. The number of benzene rings is 1. The van der Waals surface area contributed by atoms with Crippen LogP contribution in [0.2, 0.25) is 0 Å². The van der Waals surface area contributed by atoms with Gasteiger partial charge in [0.15, 0.2) is 17.6 Å². The lowest BCUT2D eigenvalue weighted by Gasteiger charge is -2.21. The molecule has 3 aliphatic rings. The minimum atomic E-state index is -1.45. The van der Waals surface area contributed by atoms with Crippen molar-refractivity contribution in [3.63, 3.8) is 0 Å². The summed E-state index contributed by atoms with van der Waals surface area (Å²) in [5, 5.41) is 11.0. The number of carbonyl (C=O) groups is 1. The molecule has 1 atom stereocenters. The summed E-state index contributed by atoms with van der Waals surface area (Å²) in [5.41, 5.74) is 3.19. The van der Waals surface area contributed by atoms with Crippen LogP contribution in [0.3, 0.4) is 0 Å². The summed E-state index contributed by atoms with van der Waals surface area (Å²) in [4.78, 5) is 29.3. The van der Waals surface area contributed by atoms with Gasteiger partial charge in [0, 0.05) is 22.6 Å². The molecule has 134 valence electrons. The molecular weight excluding hydrogens is 352 g/mol. The quantitative estimate of drug-likeness (QED) is 0.469. The van der Waals surface area contributed by atoms with Crippen LogP contribution < -0.4 is 15.0 Å². The smallest absolute Gasteiger partial charge is 0.340 e. The molecule has 0 saturated heterocycles. The van der Waals surface area contributed by atoms with Crippen molar-refractivity contribution < 1.29 is 24.1 Å². The number of aliphatic hydroxyl groups is 1. The van der Waals surface area contributed by atoms with Crippen molar-refractivity contribution in [3.05, 3.63) is 51.3 Å². The van der Waals surface area contributed by atoms with Crippen LogP contribution in [0.25, 0.3) is 22.3 Å². The van der Waals surface area contributed by atoms with Crippen LogP contribution in [0.5, 0.6) is 11.5 Å². The lowest BCUT2D eigenvalue weighted by Crippen LogP contribution is -2.32. The fourth-order valence-corrected chi connectivity index (χ4v) is 3.92. The molecule has 3 aromatic rings. The van der Waals surface area contributed by atoms with Gasteiger partial charge in [-0.3, -0.25) is 4.79 Å². The van der Waals surface area contributed by atoms with Gasteiger partial charge in [-0.1, -0.05) is 0 Å². The first-order valence-electron chi connectivity index (χ1n) is 8.45. The van der Waals surface area contributed by atoms with Crippen molar-refractivity contribution in [1.29, 1.82) is 0 Å². The molecule has 8 heteroatoms. The van der Waals surface area contributed by atoms with Crippen LogP contribution in [-0.2, 0) is 22.7 Å². The minimum Gasteiger partial charge on any atom is -0.458 e. The van der Waals surface area contributed by atoms with E-state index >= 15 is 0 Å². The second kappa shape index (κ2) is 4.86. The molecule has 27 heavy (non-hydrogen) atoms. The summed E-state index contributed by atoms with van der Waals surface area (Å²) in [7, 11) is 0. The summed E-state index contributed by atoms with van der Waals surface area (Å²) in [6, 6.07) is 7.32. The molecule has 0 spiro atoms. The van der Waals surface area contributed by atoms with Gasteiger partial charge in [-0.25, -0.2) is 9.78 Å². The largest absolute Gasteiger partial charge is 0.458 e. The number of hydrogen-bond acceptors (Lipinski definition) is 7. The van der Waals surface area contributed by atoms with E-state index in [1.165, 1.54) is 0 Å². The van der Waals surface area contributed by atoms with E-state index < -0.39 is 12.1 Å². The molecule has 1 N–H and O–H groups in total. The Hall–Kier alpha value is -3.39. The Kier molecular flexibility index (Phi) is 2.65. The minimum absolute atomic E-state index is 0.127. The van der Waals surface area contributed by atoms with Gasteiger partial charge >= 0.3 is 5.97 Å². The third-order valence-electron chi connectivity index (χ3n) is 5.27. The lowest BCUT2D eigenvalue weighted by molar-refractivity contribution is -0.157. The standard InChI is InChI=1S/C19H12N2O6/c22-17-10-3-13-16-9(5-21(13)18(23)11(10)6-25-19(17)24)1-8-2-14-15(27-7-26-14)4-12(8)20-16/h1-4,17,22H,5-7H2. The highest BCUT2D eigenvalue weighted by molar-refractivity contribution is 5.87. The van der Waals surface area contributed by atoms with Crippen molar-refractivity contribution in [2.75, 3.05) is 6.79 Å². The fraction of sp³-hybridized carbons (Fsp3) is 0.211. The zero-order valence-corrected chi connectivity index (χ0v) is 13.9. The molecule has 0 aliphatic carbocycles. The molecule has 0 fully saturated rings. The molecule has 0 saturated carbocycles. The van der Waals surface area contributed by atoms with E-state index in [2.05, 4.69) is 0 Å². The van der Waals surface area contributed by atoms with Gasteiger partial charge in [0.25, 0.3) is 5.56 Å². The Balaban J connectivity index is 1.60. The van der Waals surface area contributed by atoms with Crippen molar-refractivity contribution in [3.8, 4) is 22.9 Å². The Labute approximate surface area is 151 Å². The van der Waals surface area contributed by atoms with Crippen molar-refractivity contribution in [1.82, 2.24) is 9.55 Å². The molecular formula is C19H12N2O6. The summed E-state index contributed by atoms with van der Waals surface area (Å²) in [5.74, 6) is 0.560. The Morgan fingerprint density at radius 2 is 1.89 bits per heavy atom. The Bertz CT molecular complexity index is 1250. The number of cyclic esters (lactones) is 1.